The summed E-state index contributed by atoms with van der Waals surface area (Å²) >= 11 is 0. The molecule has 0 aliphatic rings. The molecule has 0 aliphatic heterocycles. The van der Waals surface area contributed by atoms with Gasteiger partial charge in [0, 0.05) is 6.92 Å². The van der Waals surface area contributed by atoms with Crippen LogP contribution in [0.25, 0.3) is 0 Å². The van der Waals surface area contributed by atoms with E-state index in [0.29, 0.717) is 0 Å². The van der Waals surface area contributed by atoms with Crippen molar-refractivity contribution in [3.05, 3.63) is 0 Å². The van der Waals surface area contributed by atoms with E-state index in [-0.39, 0.29) is 6.92 Å². The maximum atomic E-state index is 12.1. The van der Waals surface area contributed by atoms with Crippen LogP contribution in [0.2, 0.25) is 0 Å². The molecule has 0 fully saturated rings. The summed E-state index contributed by atoms with van der Waals surface area (Å²) in [5.41, 5.74) is 0. The van der Waals surface area contributed by atoms with Crippen molar-refractivity contribution in [1.29, 1.82) is 0 Å². The molecule has 0 saturated heterocycles. The minimum absolute atomic E-state index is 0.0504. The number of ether oxygens (including phenoxy) is 1. The molecule has 0 radical (unpaired) electrons. The van der Waals surface area contributed by atoms with Gasteiger partial charge in [-0.2, -0.15) is 8.78 Å². The van der Waals surface area contributed by atoms with Gasteiger partial charge in [-0.1, -0.05) is 0 Å². The van der Waals surface area contributed by atoms with Crippen LogP contribution in [0.4, 0.5) is 26.3 Å². The molecule has 0 bridgehead atoms. The van der Waals surface area contributed by atoms with Crippen molar-refractivity contribution in [1.82, 2.24) is 0 Å². The zero-order valence-electron chi connectivity index (χ0n) is 6.28. The first kappa shape index (κ1) is 12.5. The lowest BCUT2D eigenvalue weighted by Crippen LogP contribution is -2.46. The van der Waals surface area contributed by atoms with Gasteiger partial charge < -0.3 is 5.11 Å². The fraction of sp³-hybridized carbons (Fsp3) is 1.00. The van der Waals surface area contributed by atoms with Crippen LogP contribution in [0.3, 0.4) is 0 Å². The van der Waals surface area contributed by atoms with E-state index in [1.54, 1.807) is 0 Å². The van der Waals surface area contributed by atoms with E-state index in [9.17, 15) is 26.3 Å². The minimum atomic E-state index is -5.02. The molecular formula is C5H6F6O2. The van der Waals surface area contributed by atoms with Gasteiger partial charge in [-0.25, -0.2) is 17.6 Å². The molecule has 0 aromatic heterocycles. The molecular weight excluding hydrogens is 206 g/mol. The van der Waals surface area contributed by atoms with E-state index in [1.807, 2.05) is 0 Å². The summed E-state index contributed by atoms with van der Waals surface area (Å²) in [5.74, 6) is -4.22. The van der Waals surface area contributed by atoms with E-state index in [2.05, 4.69) is 4.74 Å². The first-order valence-electron chi connectivity index (χ1n) is 2.97. The van der Waals surface area contributed by atoms with Gasteiger partial charge >= 0.3 is 6.11 Å². The Balaban J connectivity index is 4.34. The van der Waals surface area contributed by atoms with E-state index >= 15 is 0 Å². The molecule has 0 aliphatic carbocycles. The third-order valence-electron chi connectivity index (χ3n) is 0.990. The summed E-state index contributed by atoms with van der Waals surface area (Å²) in [7, 11) is 0. The molecule has 0 aromatic carbocycles. The van der Waals surface area contributed by atoms with Gasteiger partial charge in [0.1, 0.15) is 0 Å². The van der Waals surface area contributed by atoms with Gasteiger partial charge in [0.2, 0.25) is 0 Å². The lowest BCUT2D eigenvalue weighted by atomic mass is 10.3. The molecule has 2 nitrogen and oxygen atoms in total. The van der Waals surface area contributed by atoms with Crippen molar-refractivity contribution in [2.24, 2.45) is 0 Å². The summed E-state index contributed by atoms with van der Waals surface area (Å²) in [6, 6.07) is 0. The lowest BCUT2D eigenvalue weighted by Gasteiger charge is -2.25. The Hall–Kier alpha value is -0.500. The topological polar surface area (TPSA) is 29.5 Å². The predicted molar refractivity (Wildman–Crippen MR) is 28.7 cm³/mol. The normalized spacial score (nSPS) is 20.1. The van der Waals surface area contributed by atoms with E-state index in [4.69, 9.17) is 5.11 Å². The molecule has 80 valence electrons. The second-order valence-corrected chi connectivity index (χ2v) is 2.27. The van der Waals surface area contributed by atoms with Gasteiger partial charge in [0.25, 0.3) is 18.6 Å². The number of aliphatic hydroxyl groups is 1. The second kappa shape index (κ2) is 3.70. The van der Waals surface area contributed by atoms with Crippen LogP contribution in [0, 0.1) is 0 Å². The molecule has 2 unspecified atom stereocenters. The first-order valence-corrected chi connectivity index (χ1v) is 2.97. The maximum absolute atomic E-state index is 12.1. The van der Waals surface area contributed by atoms with Crippen LogP contribution in [-0.4, -0.2) is 29.9 Å². The first-order chi connectivity index (χ1) is 5.58. The van der Waals surface area contributed by atoms with E-state index in [1.165, 1.54) is 0 Å². The third-order valence-corrected chi connectivity index (χ3v) is 0.990. The summed E-state index contributed by atoms with van der Waals surface area (Å²) in [5, 5.41) is 8.02. The molecule has 0 amide bonds. The molecule has 0 saturated carbocycles. The van der Waals surface area contributed by atoms with Crippen molar-refractivity contribution in [2.75, 3.05) is 0 Å². The highest BCUT2D eigenvalue weighted by molar-refractivity contribution is 4.70. The quantitative estimate of drug-likeness (QED) is 0.720. The molecule has 0 spiro atoms. The standard InChI is InChI=1S/C5H6F6O2/c1-4(9,12)5(10,11)13-3(8)2(6)7/h2-3,12H,1H3. The summed E-state index contributed by atoms with van der Waals surface area (Å²) in [4.78, 5) is 0. The molecule has 0 rings (SSSR count). The number of rotatable bonds is 4. The van der Waals surface area contributed by atoms with Crippen LogP contribution >= 0.6 is 0 Å². The minimum Gasteiger partial charge on any atom is -0.355 e. The second-order valence-electron chi connectivity index (χ2n) is 2.27. The highest BCUT2D eigenvalue weighted by Gasteiger charge is 2.54. The van der Waals surface area contributed by atoms with Crippen LogP contribution in [0.5, 0.6) is 0 Å². The van der Waals surface area contributed by atoms with Crippen molar-refractivity contribution in [2.45, 2.75) is 31.7 Å². The SMILES string of the molecule is CC(O)(F)C(F)(F)OC(F)C(F)F. The van der Waals surface area contributed by atoms with Crippen LogP contribution in [0.1, 0.15) is 6.92 Å². The Bertz CT molecular complexity index is 165. The number of halogens is 6. The average Bonchev–Trinajstić information content (AvgIpc) is 1.83. The van der Waals surface area contributed by atoms with Gasteiger partial charge in [-0.15, -0.1) is 0 Å². The van der Waals surface area contributed by atoms with Crippen LogP contribution in [-0.2, 0) is 4.74 Å². The Labute approximate surface area is 69.1 Å². The summed E-state index contributed by atoms with van der Waals surface area (Å²) in [6.45, 7) is -0.0504. The van der Waals surface area contributed by atoms with Gasteiger partial charge in [0.15, 0.2) is 0 Å². The Kier molecular flexibility index (Phi) is 3.56. The molecule has 2 atom stereocenters. The van der Waals surface area contributed by atoms with Gasteiger partial charge in [-0.3, -0.25) is 4.74 Å². The molecule has 0 aromatic rings. The summed E-state index contributed by atoms with van der Waals surface area (Å²) < 4.78 is 73.4. The van der Waals surface area contributed by atoms with Crippen molar-refractivity contribution in [3.63, 3.8) is 0 Å². The van der Waals surface area contributed by atoms with Crippen LogP contribution in [0.15, 0.2) is 0 Å². The predicted octanol–water partition coefficient (Wildman–Crippen LogP) is 1.83. The smallest absolute Gasteiger partial charge is 0.355 e. The average molecular weight is 212 g/mol. The number of hydrogen-bond acceptors (Lipinski definition) is 2. The van der Waals surface area contributed by atoms with E-state index < -0.39 is 24.7 Å². The zero-order valence-corrected chi connectivity index (χ0v) is 6.28. The third kappa shape index (κ3) is 3.39. The van der Waals surface area contributed by atoms with Crippen LogP contribution < -0.4 is 0 Å². The molecule has 13 heavy (non-hydrogen) atoms. The van der Waals surface area contributed by atoms with Gasteiger partial charge in [0.05, 0.1) is 0 Å². The highest BCUT2D eigenvalue weighted by atomic mass is 19.3. The lowest BCUT2D eigenvalue weighted by molar-refractivity contribution is -0.399. The monoisotopic (exact) mass is 212 g/mol. The van der Waals surface area contributed by atoms with Crippen molar-refractivity contribution >= 4 is 0 Å². The Morgan fingerprint density at radius 3 is 1.77 bits per heavy atom. The Morgan fingerprint density at radius 2 is 1.54 bits per heavy atom. The molecule has 1 N–H and O–H groups in total. The fourth-order valence-electron chi connectivity index (χ4n) is 0.300. The molecule has 8 heteroatoms. The summed E-state index contributed by atoms with van der Waals surface area (Å²) in [6.07, 6.45) is -12.5. The highest BCUT2D eigenvalue weighted by Crippen LogP contribution is 2.33. The molecule has 0 heterocycles. The van der Waals surface area contributed by atoms with E-state index in [0.717, 1.165) is 0 Å². The fourth-order valence-corrected chi connectivity index (χ4v) is 0.300. The van der Waals surface area contributed by atoms with Crippen molar-refractivity contribution < 1.29 is 36.2 Å². The largest absolute Gasteiger partial charge is 0.416 e. The van der Waals surface area contributed by atoms with Gasteiger partial charge in [-0.05, 0) is 0 Å². The Morgan fingerprint density at radius 1 is 1.15 bits per heavy atom. The number of alkyl halides is 6. The maximum Gasteiger partial charge on any atom is 0.416 e. The number of hydrogen-bond donors (Lipinski definition) is 1. The van der Waals surface area contributed by atoms with Crippen molar-refractivity contribution in [3.8, 4) is 0 Å². The zero-order chi connectivity index (χ0) is 10.9.